The van der Waals surface area contributed by atoms with Gasteiger partial charge in [0.05, 0.1) is 37.6 Å². The summed E-state index contributed by atoms with van der Waals surface area (Å²) in [6, 6.07) is 19.2. The van der Waals surface area contributed by atoms with Gasteiger partial charge in [-0.1, -0.05) is 36.4 Å². The molecule has 1 fully saturated rings. The molecular formula is C31H34N4O4. The van der Waals surface area contributed by atoms with E-state index in [2.05, 4.69) is 34.3 Å². The van der Waals surface area contributed by atoms with E-state index in [1.807, 2.05) is 41.3 Å². The van der Waals surface area contributed by atoms with Crippen LogP contribution in [0.15, 0.2) is 60.7 Å². The van der Waals surface area contributed by atoms with Crippen LogP contribution in [0.25, 0.3) is 0 Å². The van der Waals surface area contributed by atoms with E-state index in [1.165, 1.54) is 5.56 Å². The van der Waals surface area contributed by atoms with Gasteiger partial charge in [-0.2, -0.15) is 0 Å². The Morgan fingerprint density at radius 2 is 1.56 bits per heavy atom. The quantitative estimate of drug-likeness (QED) is 0.543. The lowest BCUT2D eigenvalue weighted by molar-refractivity contribution is -0.119. The molecule has 1 saturated heterocycles. The van der Waals surface area contributed by atoms with Gasteiger partial charge in [0, 0.05) is 38.3 Å². The summed E-state index contributed by atoms with van der Waals surface area (Å²) < 4.78 is 11.1. The van der Waals surface area contributed by atoms with Crippen molar-refractivity contribution in [3.05, 3.63) is 82.9 Å². The van der Waals surface area contributed by atoms with E-state index in [4.69, 9.17) is 9.47 Å². The molecule has 0 radical (unpaired) electrons. The van der Waals surface area contributed by atoms with Gasteiger partial charge in [0.25, 0.3) is 5.91 Å². The number of para-hydroxylation sites is 2. The second-order valence-electron chi connectivity index (χ2n) is 10.5. The van der Waals surface area contributed by atoms with Crippen molar-refractivity contribution in [3.63, 3.8) is 0 Å². The number of hydrogen-bond acceptors (Lipinski definition) is 6. The molecule has 202 valence electrons. The van der Waals surface area contributed by atoms with Crippen molar-refractivity contribution in [3.8, 4) is 11.5 Å². The molecule has 3 aliphatic heterocycles. The van der Waals surface area contributed by atoms with Crippen LogP contribution in [0.5, 0.6) is 11.5 Å². The topological polar surface area (TPSA) is 74.4 Å². The smallest absolute Gasteiger partial charge is 0.254 e. The monoisotopic (exact) mass is 526 g/mol. The number of nitrogens with zero attached hydrogens (tertiary/aromatic N) is 3. The van der Waals surface area contributed by atoms with E-state index in [9.17, 15) is 9.59 Å². The molecule has 3 aromatic rings. The van der Waals surface area contributed by atoms with Gasteiger partial charge in [-0.15, -0.1) is 0 Å². The number of rotatable bonds is 5. The average Bonchev–Trinajstić information content (AvgIpc) is 2.97. The lowest BCUT2D eigenvalue weighted by Crippen LogP contribution is -2.49. The summed E-state index contributed by atoms with van der Waals surface area (Å²) >= 11 is 0. The summed E-state index contributed by atoms with van der Waals surface area (Å²) in [7, 11) is 5.25. The number of ether oxygens (including phenoxy) is 2. The number of nitrogens with one attached hydrogen (secondary N) is 1. The number of likely N-dealkylation sites (N-methyl/N-ethyl adjacent to an activating group) is 1. The first-order valence-corrected chi connectivity index (χ1v) is 13.5. The van der Waals surface area contributed by atoms with Gasteiger partial charge in [-0.3, -0.25) is 9.59 Å². The minimum Gasteiger partial charge on any atom is -0.493 e. The fourth-order valence-electron chi connectivity index (χ4n) is 6.25. The van der Waals surface area contributed by atoms with Gasteiger partial charge < -0.3 is 29.5 Å². The minimum atomic E-state index is -0.625. The third-order valence-electron chi connectivity index (χ3n) is 8.32. The van der Waals surface area contributed by atoms with E-state index in [-0.39, 0.29) is 11.8 Å². The first kappa shape index (κ1) is 25.2. The Bertz CT molecular complexity index is 1420. The predicted molar refractivity (Wildman–Crippen MR) is 151 cm³/mol. The summed E-state index contributed by atoms with van der Waals surface area (Å²) in [6.07, 6.45) is 0.752. The number of amides is 2. The second kappa shape index (κ2) is 10.3. The zero-order valence-corrected chi connectivity index (χ0v) is 22.6. The van der Waals surface area contributed by atoms with Crippen LogP contribution < -0.4 is 19.7 Å². The summed E-state index contributed by atoms with van der Waals surface area (Å²) in [5.41, 5.74) is 5.12. The van der Waals surface area contributed by atoms with Crippen molar-refractivity contribution >= 4 is 23.2 Å². The van der Waals surface area contributed by atoms with Gasteiger partial charge in [-0.25, -0.2) is 0 Å². The van der Waals surface area contributed by atoms with E-state index < -0.39 is 12.0 Å². The third kappa shape index (κ3) is 4.38. The lowest BCUT2D eigenvalue weighted by Gasteiger charge is -2.45. The molecule has 6 rings (SSSR count). The standard InChI is InChI=1S/C31H34N4O4/c1-33-14-16-34(17-15-33)25-11-7-6-10-24(25)32-30(36)28-22-18-26(38-2)27(39-3)19-23(22)31(37)35-13-12-20-8-4-5-9-21(20)29(28)35/h4-11,18-19,28-29H,12-17H2,1-3H3,(H,32,36)/t28-,29-/m0/s1. The lowest BCUT2D eigenvalue weighted by atomic mass is 9.75. The van der Waals surface area contributed by atoms with Crippen LogP contribution in [-0.4, -0.2) is 75.6 Å². The molecule has 0 saturated carbocycles. The Hall–Kier alpha value is -4.04. The highest BCUT2D eigenvalue weighted by Gasteiger charge is 2.47. The van der Waals surface area contributed by atoms with Crippen LogP contribution in [-0.2, 0) is 11.2 Å². The first-order valence-electron chi connectivity index (χ1n) is 13.5. The number of hydrogen-bond donors (Lipinski definition) is 1. The maximum absolute atomic E-state index is 14.4. The number of anilines is 2. The largest absolute Gasteiger partial charge is 0.493 e. The van der Waals surface area contributed by atoms with E-state index in [1.54, 1.807) is 26.4 Å². The summed E-state index contributed by atoms with van der Waals surface area (Å²) in [4.78, 5) is 34.7. The number of methoxy groups -OCH3 is 2. The van der Waals surface area contributed by atoms with Crippen LogP contribution in [0.2, 0.25) is 0 Å². The Morgan fingerprint density at radius 3 is 2.33 bits per heavy atom. The zero-order chi connectivity index (χ0) is 27.1. The minimum absolute atomic E-state index is 0.0904. The molecule has 0 aliphatic carbocycles. The molecule has 3 aliphatic rings. The van der Waals surface area contributed by atoms with E-state index in [0.717, 1.165) is 49.5 Å². The van der Waals surface area contributed by atoms with Gasteiger partial charge in [0.1, 0.15) is 0 Å². The van der Waals surface area contributed by atoms with Gasteiger partial charge in [0.15, 0.2) is 11.5 Å². The van der Waals surface area contributed by atoms with Crippen LogP contribution in [0, 0.1) is 0 Å². The number of benzene rings is 3. The highest BCUT2D eigenvalue weighted by molar-refractivity contribution is 6.06. The Morgan fingerprint density at radius 1 is 0.872 bits per heavy atom. The van der Waals surface area contributed by atoms with Gasteiger partial charge >= 0.3 is 0 Å². The average molecular weight is 527 g/mol. The highest BCUT2D eigenvalue weighted by Crippen LogP contribution is 2.49. The predicted octanol–water partition coefficient (Wildman–Crippen LogP) is 3.93. The maximum atomic E-state index is 14.4. The SMILES string of the molecule is COc1cc2c(cc1OC)[C@H](C(=O)Nc1ccccc1N1CCN(C)CC1)[C@@H]1c3ccccc3CCN1C2=O. The van der Waals surface area contributed by atoms with Crippen molar-refractivity contribution in [2.75, 3.05) is 64.2 Å². The van der Waals surface area contributed by atoms with E-state index in [0.29, 0.717) is 29.2 Å². The molecule has 0 aromatic heterocycles. The number of carbonyl (C=O) groups excluding carboxylic acids is 2. The third-order valence-corrected chi connectivity index (χ3v) is 8.32. The van der Waals surface area contributed by atoms with Crippen LogP contribution in [0.1, 0.15) is 39.0 Å². The normalized spacial score (nSPS) is 20.5. The Balaban J connectivity index is 1.44. The molecule has 8 nitrogen and oxygen atoms in total. The molecule has 3 heterocycles. The Labute approximate surface area is 229 Å². The fourth-order valence-corrected chi connectivity index (χ4v) is 6.25. The summed E-state index contributed by atoms with van der Waals surface area (Å²) in [5.74, 6) is 0.105. The molecule has 0 unspecified atom stereocenters. The number of carbonyl (C=O) groups is 2. The molecule has 8 heteroatoms. The molecular weight excluding hydrogens is 492 g/mol. The summed E-state index contributed by atoms with van der Waals surface area (Å²) in [5, 5.41) is 3.27. The molecule has 0 bridgehead atoms. The second-order valence-corrected chi connectivity index (χ2v) is 10.5. The maximum Gasteiger partial charge on any atom is 0.254 e. The van der Waals surface area contributed by atoms with Crippen LogP contribution in [0.4, 0.5) is 11.4 Å². The van der Waals surface area contributed by atoms with Crippen molar-refractivity contribution in [1.82, 2.24) is 9.80 Å². The number of piperazine rings is 1. The molecule has 2 atom stereocenters. The first-order chi connectivity index (χ1) is 19.0. The molecule has 2 amide bonds. The Kier molecular flexibility index (Phi) is 6.64. The van der Waals surface area contributed by atoms with Crippen molar-refractivity contribution in [1.29, 1.82) is 0 Å². The van der Waals surface area contributed by atoms with Crippen molar-refractivity contribution < 1.29 is 19.1 Å². The highest BCUT2D eigenvalue weighted by atomic mass is 16.5. The molecule has 0 spiro atoms. The summed E-state index contributed by atoms with van der Waals surface area (Å²) in [6.45, 7) is 4.28. The molecule has 39 heavy (non-hydrogen) atoms. The van der Waals surface area contributed by atoms with Crippen LogP contribution >= 0.6 is 0 Å². The van der Waals surface area contributed by atoms with Crippen molar-refractivity contribution in [2.24, 2.45) is 0 Å². The van der Waals surface area contributed by atoms with E-state index >= 15 is 0 Å². The van der Waals surface area contributed by atoms with Gasteiger partial charge in [-0.05, 0) is 54.4 Å². The molecule has 3 aromatic carbocycles. The fraction of sp³-hybridized carbons (Fsp3) is 0.355. The van der Waals surface area contributed by atoms with Crippen LogP contribution in [0.3, 0.4) is 0 Å². The number of fused-ring (bicyclic) bond motifs is 4. The zero-order valence-electron chi connectivity index (χ0n) is 22.6. The van der Waals surface area contributed by atoms with Crippen molar-refractivity contribution in [2.45, 2.75) is 18.4 Å². The van der Waals surface area contributed by atoms with Gasteiger partial charge in [0.2, 0.25) is 5.91 Å². The molecule has 1 N–H and O–H groups in total.